The molecule has 4 rings (SSSR count). The van der Waals surface area contributed by atoms with Crippen LogP contribution < -0.4 is 9.47 Å². The maximum absolute atomic E-state index is 12.9. The van der Waals surface area contributed by atoms with Crippen LogP contribution in [0.4, 0.5) is 0 Å². The van der Waals surface area contributed by atoms with Gasteiger partial charge in [-0.3, -0.25) is 4.79 Å². The number of fused-ring (bicyclic) bond motifs is 1. The third-order valence-corrected chi connectivity index (χ3v) is 7.54. The molecule has 2 aromatic carbocycles. The van der Waals surface area contributed by atoms with Gasteiger partial charge in [-0.15, -0.1) is 0 Å². The van der Waals surface area contributed by atoms with Gasteiger partial charge in [0.1, 0.15) is 6.61 Å². The summed E-state index contributed by atoms with van der Waals surface area (Å²) in [6.45, 7) is 0.548. The van der Waals surface area contributed by atoms with Gasteiger partial charge >= 0.3 is 0 Å². The number of ether oxygens (including phenoxy) is 2. The highest BCUT2D eigenvalue weighted by molar-refractivity contribution is 7.91. The van der Waals surface area contributed by atoms with Crippen LogP contribution in [0.1, 0.15) is 17.2 Å². The molecule has 2 aromatic rings. The van der Waals surface area contributed by atoms with Gasteiger partial charge in [0.15, 0.2) is 21.3 Å². The lowest BCUT2D eigenvalue weighted by Gasteiger charge is -2.30. The fourth-order valence-corrected chi connectivity index (χ4v) is 5.74. The lowest BCUT2D eigenvalue weighted by atomic mass is 10.1. The molecule has 0 spiro atoms. The largest absolute Gasteiger partial charge is 0.485 e. The van der Waals surface area contributed by atoms with Crippen LogP contribution in [0.15, 0.2) is 48.5 Å². The van der Waals surface area contributed by atoms with Crippen LogP contribution in [-0.2, 0) is 14.6 Å². The quantitative estimate of drug-likeness (QED) is 0.745. The Morgan fingerprint density at radius 3 is 2.54 bits per heavy atom. The smallest absolute Gasteiger partial charge is 0.267 e. The lowest BCUT2D eigenvalue weighted by Crippen LogP contribution is -2.47. The van der Waals surface area contributed by atoms with Crippen LogP contribution in [0.5, 0.6) is 11.5 Å². The fourth-order valence-electron chi connectivity index (χ4n) is 3.59. The molecule has 0 N–H and O–H groups in total. The zero-order valence-corrected chi connectivity index (χ0v) is 16.7. The third kappa shape index (κ3) is 3.69. The van der Waals surface area contributed by atoms with Gasteiger partial charge in [-0.05, 0) is 30.2 Å². The molecule has 0 saturated carbocycles. The average Bonchev–Trinajstić information content (AvgIpc) is 2.85. The Morgan fingerprint density at radius 2 is 1.75 bits per heavy atom. The van der Waals surface area contributed by atoms with Crippen molar-refractivity contribution >= 4 is 27.3 Å². The van der Waals surface area contributed by atoms with Crippen molar-refractivity contribution in [2.45, 2.75) is 17.8 Å². The van der Waals surface area contributed by atoms with Crippen molar-refractivity contribution in [1.29, 1.82) is 0 Å². The van der Waals surface area contributed by atoms with Gasteiger partial charge in [0.05, 0.1) is 11.0 Å². The van der Waals surface area contributed by atoms with Crippen LogP contribution in [0.2, 0.25) is 5.02 Å². The fraction of sp³-hybridized carbons (Fsp3) is 0.350. The molecule has 8 heteroatoms. The molecule has 0 radical (unpaired) electrons. The number of benzene rings is 2. The Balaban J connectivity index is 1.51. The van der Waals surface area contributed by atoms with E-state index in [2.05, 4.69) is 0 Å². The number of sulfone groups is 1. The number of hydrogen-bond donors (Lipinski definition) is 0. The highest BCUT2D eigenvalue weighted by Gasteiger charge is 2.37. The minimum absolute atomic E-state index is 0.104. The molecule has 0 aliphatic carbocycles. The summed E-state index contributed by atoms with van der Waals surface area (Å²) in [6.07, 6.45) is -0.489. The number of carbonyl (C=O) groups is 1. The van der Waals surface area contributed by atoms with Crippen LogP contribution in [0.25, 0.3) is 0 Å². The summed E-state index contributed by atoms with van der Waals surface area (Å²) in [6, 6.07) is 14.1. The normalized spacial score (nSPS) is 23.7. The summed E-state index contributed by atoms with van der Waals surface area (Å²) in [7, 11) is -3.43. The van der Waals surface area contributed by atoms with Crippen LogP contribution in [-0.4, -0.2) is 50.8 Å². The van der Waals surface area contributed by atoms with Gasteiger partial charge in [-0.2, -0.15) is 0 Å². The van der Waals surface area contributed by atoms with Gasteiger partial charge in [0.25, 0.3) is 5.91 Å². The number of halogens is 1. The molecular formula is C20H20ClNO5S. The van der Waals surface area contributed by atoms with E-state index in [1.54, 1.807) is 41.3 Å². The van der Waals surface area contributed by atoms with Crippen molar-refractivity contribution < 1.29 is 22.7 Å². The standard InChI is InChI=1S/C20H20ClNO5S/c21-15-6-2-1-5-14(15)19-9-10-22(11-12-28(19,24)25)20(23)18-13-26-16-7-3-4-8-17(16)27-18/h1-8,18-19H,9-13H2. The molecule has 2 unspecified atom stereocenters. The summed E-state index contributed by atoms with van der Waals surface area (Å²) in [5, 5.41) is -0.292. The first kappa shape index (κ1) is 19.1. The predicted octanol–water partition coefficient (Wildman–Crippen LogP) is 2.87. The zero-order chi connectivity index (χ0) is 19.7. The van der Waals surface area contributed by atoms with Gasteiger partial charge < -0.3 is 14.4 Å². The van der Waals surface area contributed by atoms with E-state index in [9.17, 15) is 13.2 Å². The molecule has 1 fully saturated rings. The molecule has 0 bridgehead atoms. The molecular weight excluding hydrogens is 402 g/mol. The summed E-state index contributed by atoms with van der Waals surface area (Å²) in [5.74, 6) is 0.746. The van der Waals surface area contributed by atoms with Crippen molar-refractivity contribution in [3.05, 3.63) is 59.1 Å². The molecule has 1 saturated heterocycles. The number of nitrogens with zero attached hydrogens (tertiary/aromatic N) is 1. The van der Waals surface area contributed by atoms with E-state index in [-0.39, 0.29) is 24.8 Å². The first-order valence-corrected chi connectivity index (χ1v) is 11.2. The van der Waals surface area contributed by atoms with Gasteiger partial charge in [-0.1, -0.05) is 41.9 Å². The third-order valence-electron chi connectivity index (χ3n) is 5.09. The molecule has 2 aliphatic heterocycles. The van der Waals surface area contributed by atoms with Crippen molar-refractivity contribution in [2.75, 3.05) is 25.4 Å². The van der Waals surface area contributed by atoms with Crippen LogP contribution in [0, 0.1) is 0 Å². The second kappa shape index (κ2) is 7.64. The topological polar surface area (TPSA) is 72.9 Å². The van der Waals surface area contributed by atoms with Crippen LogP contribution in [0.3, 0.4) is 0 Å². The van der Waals surface area contributed by atoms with E-state index in [1.807, 2.05) is 12.1 Å². The molecule has 148 valence electrons. The Kier molecular flexibility index (Phi) is 5.21. The van der Waals surface area contributed by atoms with E-state index >= 15 is 0 Å². The number of rotatable bonds is 2. The first-order chi connectivity index (χ1) is 13.5. The van der Waals surface area contributed by atoms with Crippen LogP contribution >= 0.6 is 11.6 Å². The van der Waals surface area contributed by atoms with E-state index in [1.165, 1.54) is 0 Å². The highest BCUT2D eigenvalue weighted by atomic mass is 35.5. The SMILES string of the molecule is O=C(C1COc2ccccc2O1)N1CCC(c2ccccc2Cl)S(=O)(=O)CC1. The van der Waals surface area contributed by atoms with E-state index in [0.29, 0.717) is 35.1 Å². The monoisotopic (exact) mass is 421 g/mol. The number of carbonyl (C=O) groups excluding carboxylic acids is 1. The van der Waals surface area contributed by atoms with E-state index < -0.39 is 21.2 Å². The van der Waals surface area contributed by atoms with Gasteiger partial charge in [0.2, 0.25) is 6.10 Å². The number of amides is 1. The second-order valence-corrected chi connectivity index (χ2v) is 9.57. The minimum Gasteiger partial charge on any atom is -0.485 e. The molecule has 28 heavy (non-hydrogen) atoms. The average molecular weight is 422 g/mol. The van der Waals surface area contributed by atoms with Crippen molar-refractivity contribution in [1.82, 2.24) is 4.90 Å². The molecule has 2 heterocycles. The first-order valence-electron chi connectivity index (χ1n) is 9.09. The number of para-hydroxylation sites is 2. The summed E-state index contributed by atoms with van der Waals surface area (Å²) in [4.78, 5) is 14.5. The summed E-state index contributed by atoms with van der Waals surface area (Å²) in [5.41, 5.74) is 0.588. The Bertz CT molecular complexity index is 994. The predicted molar refractivity (Wildman–Crippen MR) is 106 cm³/mol. The number of hydrogen-bond acceptors (Lipinski definition) is 5. The highest BCUT2D eigenvalue weighted by Crippen LogP contribution is 2.35. The minimum atomic E-state index is -3.43. The molecule has 0 aromatic heterocycles. The van der Waals surface area contributed by atoms with E-state index in [4.69, 9.17) is 21.1 Å². The Morgan fingerprint density at radius 1 is 1.04 bits per heavy atom. The van der Waals surface area contributed by atoms with Crippen molar-refractivity contribution in [3.63, 3.8) is 0 Å². The van der Waals surface area contributed by atoms with Gasteiger partial charge in [0, 0.05) is 18.1 Å². The molecule has 6 nitrogen and oxygen atoms in total. The molecule has 2 aliphatic rings. The lowest BCUT2D eigenvalue weighted by molar-refractivity contribution is -0.140. The van der Waals surface area contributed by atoms with Crippen molar-refractivity contribution in [3.8, 4) is 11.5 Å². The van der Waals surface area contributed by atoms with Gasteiger partial charge in [-0.25, -0.2) is 8.42 Å². The second-order valence-electron chi connectivity index (χ2n) is 6.86. The summed E-state index contributed by atoms with van der Waals surface area (Å²) < 4.78 is 37.0. The Hall–Kier alpha value is -2.25. The zero-order valence-electron chi connectivity index (χ0n) is 15.1. The van der Waals surface area contributed by atoms with E-state index in [0.717, 1.165) is 0 Å². The summed E-state index contributed by atoms with van der Waals surface area (Å²) >= 11 is 6.23. The Labute approximate surface area is 168 Å². The molecule has 1 amide bonds. The maximum atomic E-state index is 12.9. The maximum Gasteiger partial charge on any atom is 0.267 e. The molecule has 2 atom stereocenters. The van der Waals surface area contributed by atoms with Crippen molar-refractivity contribution in [2.24, 2.45) is 0 Å².